The van der Waals surface area contributed by atoms with Crippen molar-refractivity contribution in [1.29, 1.82) is 0 Å². The number of ketones is 1. The molecular formula is C12H17NO2. The first kappa shape index (κ1) is 11.7. The Morgan fingerprint density at radius 2 is 2.00 bits per heavy atom. The van der Waals surface area contributed by atoms with Crippen LogP contribution in [0.25, 0.3) is 0 Å². The van der Waals surface area contributed by atoms with Gasteiger partial charge in [0.2, 0.25) is 0 Å². The van der Waals surface area contributed by atoms with E-state index >= 15 is 0 Å². The predicted molar refractivity (Wildman–Crippen MR) is 60.4 cm³/mol. The number of rotatable bonds is 3. The van der Waals surface area contributed by atoms with Crippen LogP contribution in [0.3, 0.4) is 0 Å². The van der Waals surface area contributed by atoms with E-state index in [4.69, 9.17) is 10.5 Å². The summed E-state index contributed by atoms with van der Waals surface area (Å²) in [5, 5.41) is 0. The second-order valence-corrected chi connectivity index (χ2v) is 3.74. The molecule has 82 valence electrons. The first-order chi connectivity index (χ1) is 6.99. The summed E-state index contributed by atoms with van der Waals surface area (Å²) in [6.07, 6.45) is 0. The SMILES string of the molecule is COc1ccc(C)c(C)c1C(=O)C(C)N. The lowest BCUT2D eigenvalue weighted by Gasteiger charge is -2.14. The summed E-state index contributed by atoms with van der Waals surface area (Å²) in [6, 6.07) is 3.24. The van der Waals surface area contributed by atoms with Crippen LogP contribution in [0.1, 0.15) is 28.4 Å². The Balaban J connectivity index is 3.36. The highest BCUT2D eigenvalue weighted by Crippen LogP contribution is 2.25. The highest BCUT2D eigenvalue weighted by Gasteiger charge is 2.19. The van der Waals surface area contributed by atoms with E-state index in [0.717, 1.165) is 11.1 Å². The van der Waals surface area contributed by atoms with Gasteiger partial charge in [-0.1, -0.05) is 6.07 Å². The maximum Gasteiger partial charge on any atom is 0.183 e. The van der Waals surface area contributed by atoms with Crippen LogP contribution < -0.4 is 10.5 Å². The van der Waals surface area contributed by atoms with Crippen LogP contribution in [0.2, 0.25) is 0 Å². The summed E-state index contributed by atoms with van der Waals surface area (Å²) < 4.78 is 5.18. The molecule has 2 N–H and O–H groups in total. The number of nitrogens with two attached hydrogens (primary N) is 1. The Morgan fingerprint density at radius 1 is 1.40 bits per heavy atom. The number of benzene rings is 1. The molecule has 3 heteroatoms. The van der Waals surface area contributed by atoms with E-state index in [0.29, 0.717) is 11.3 Å². The van der Waals surface area contributed by atoms with Gasteiger partial charge < -0.3 is 10.5 Å². The Hall–Kier alpha value is -1.35. The first-order valence-electron chi connectivity index (χ1n) is 4.93. The average Bonchev–Trinajstić information content (AvgIpc) is 2.20. The average molecular weight is 207 g/mol. The fraction of sp³-hybridized carbons (Fsp3) is 0.417. The highest BCUT2D eigenvalue weighted by molar-refractivity contribution is 6.03. The van der Waals surface area contributed by atoms with E-state index in [2.05, 4.69) is 0 Å². The maximum atomic E-state index is 11.9. The molecule has 3 nitrogen and oxygen atoms in total. The summed E-state index contributed by atoms with van der Waals surface area (Å²) >= 11 is 0. The lowest BCUT2D eigenvalue weighted by atomic mass is 9.96. The van der Waals surface area contributed by atoms with E-state index in [1.165, 1.54) is 0 Å². The zero-order chi connectivity index (χ0) is 11.6. The summed E-state index contributed by atoms with van der Waals surface area (Å²) in [6.45, 7) is 5.56. The van der Waals surface area contributed by atoms with Crippen molar-refractivity contribution >= 4 is 5.78 Å². The fourth-order valence-corrected chi connectivity index (χ4v) is 1.49. The molecule has 0 aliphatic carbocycles. The van der Waals surface area contributed by atoms with Gasteiger partial charge in [-0.05, 0) is 38.0 Å². The number of hydrogen-bond acceptors (Lipinski definition) is 3. The van der Waals surface area contributed by atoms with E-state index in [9.17, 15) is 4.79 Å². The van der Waals surface area contributed by atoms with Crippen LogP contribution in [0.15, 0.2) is 12.1 Å². The maximum absolute atomic E-state index is 11.9. The second kappa shape index (κ2) is 4.45. The minimum Gasteiger partial charge on any atom is -0.496 e. The van der Waals surface area contributed by atoms with Crippen LogP contribution in [-0.2, 0) is 0 Å². The lowest BCUT2D eigenvalue weighted by molar-refractivity contribution is 0.0964. The van der Waals surface area contributed by atoms with Crippen LogP contribution in [-0.4, -0.2) is 18.9 Å². The number of carbonyl (C=O) groups is 1. The van der Waals surface area contributed by atoms with Crippen molar-refractivity contribution in [2.45, 2.75) is 26.8 Å². The second-order valence-electron chi connectivity index (χ2n) is 3.74. The highest BCUT2D eigenvalue weighted by atomic mass is 16.5. The molecule has 0 amide bonds. The molecule has 0 fully saturated rings. The Kier molecular flexibility index (Phi) is 3.48. The smallest absolute Gasteiger partial charge is 0.183 e. The van der Waals surface area contributed by atoms with Gasteiger partial charge in [0.25, 0.3) is 0 Å². The van der Waals surface area contributed by atoms with E-state index in [1.807, 2.05) is 19.9 Å². The molecule has 0 spiro atoms. The van der Waals surface area contributed by atoms with Gasteiger partial charge in [0.1, 0.15) is 5.75 Å². The Morgan fingerprint density at radius 3 is 2.47 bits per heavy atom. The molecule has 15 heavy (non-hydrogen) atoms. The molecule has 0 radical (unpaired) electrons. The topological polar surface area (TPSA) is 52.3 Å². The molecule has 0 saturated carbocycles. The zero-order valence-corrected chi connectivity index (χ0v) is 9.63. The molecule has 1 aromatic rings. The van der Waals surface area contributed by atoms with Gasteiger partial charge in [0, 0.05) is 0 Å². The third-order valence-electron chi connectivity index (χ3n) is 2.58. The fourth-order valence-electron chi connectivity index (χ4n) is 1.49. The normalized spacial score (nSPS) is 12.3. The largest absolute Gasteiger partial charge is 0.496 e. The monoisotopic (exact) mass is 207 g/mol. The van der Waals surface area contributed by atoms with Crippen molar-refractivity contribution < 1.29 is 9.53 Å². The lowest BCUT2D eigenvalue weighted by Crippen LogP contribution is -2.27. The predicted octanol–water partition coefficient (Wildman–Crippen LogP) is 1.84. The van der Waals surface area contributed by atoms with Gasteiger partial charge in [-0.25, -0.2) is 0 Å². The van der Waals surface area contributed by atoms with Crippen LogP contribution >= 0.6 is 0 Å². The molecule has 0 bridgehead atoms. The van der Waals surface area contributed by atoms with E-state index in [-0.39, 0.29) is 5.78 Å². The summed E-state index contributed by atoms with van der Waals surface area (Å²) in [5.74, 6) is 0.522. The van der Waals surface area contributed by atoms with Crippen molar-refractivity contribution in [3.05, 3.63) is 28.8 Å². The quantitative estimate of drug-likeness (QED) is 0.769. The molecule has 1 unspecified atom stereocenters. The minimum atomic E-state index is -0.501. The third-order valence-corrected chi connectivity index (χ3v) is 2.58. The molecular weight excluding hydrogens is 190 g/mol. The van der Waals surface area contributed by atoms with Crippen molar-refractivity contribution in [3.63, 3.8) is 0 Å². The number of aryl methyl sites for hydroxylation is 1. The molecule has 0 heterocycles. The molecule has 1 atom stereocenters. The molecule has 1 aromatic carbocycles. The number of hydrogen-bond donors (Lipinski definition) is 1. The van der Waals surface area contributed by atoms with E-state index < -0.39 is 6.04 Å². The molecule has 0 saturated heterocycles. The van der Waals surface area contributed by atoms with Crippen LogP contribution in [0.5, 0.6) is 5.75 Å². The number of Topliss-reactive ketones (excluding diaryl/α,β-unsaturated/α-hetero) is 1. The van der Waals surface area contributed by atoms with Gasteiger partial charge in [0.05, 0.1) is 18.7 Å². The number of carbonyl (C=O) groups excluding carboxylic acids is 1. The molecule has 1 rings (SSSR count). The first-order valence-corrected chi connectivity index (χ1v) is 4.93. The third kappa shape index (κ3) is 2.18. The number of ether oxygens (including phenoxy) is 1. The van der Waals surface area contributed by atoms with Crippen LogP contribution in [0, 0.1) is 13.8 Å². The summed E-state index contributed by atoms with van der Waals surface area (Å²) in [7, 11) is 1.56. The van der Waals surface area contributed by atoms with Crippen molar-refractivity contribution in [1.82, 2.24) is 0 Å². The standard InChI is InChI=1S/C12H17NO2/c1-7-5-6-10(15-4)11(8(7)2)12(14)9(3)13/h5-6,9H,13H2,1-4H3. The summed E-state index contributed by atoms with van der Waals surface area (Å²) in [5.41, 5.74) is 8.22. The number of methoxy groups -OCH3 is 1. The van der Waals surface area contributed by atoms with Gasteiger partial charge in [-0.3, -0.25) is 4.79 Å². The Bertz CT molecular complexity index is 383. The van der Waals surface area contributed by atoms with Gasteiger partial charge in [-0.2, -0.15) is 0 Å². The molecule has 0 aliphatic heterocycles. The van der Waals surface area contributed by atoms with Crippen LogP contribution in [0.4, 0.5) is 0 Å². The van der Waals surface area contributed by atoms with Gasteiger partial charge in [0.15, 0.2) is 5.78 Å². The molecule has 0 aliphatic rings. The van der Waals surface area contributed by atoms with Crippen molar-refractivity contribution in [3.8, 4) is 5.75 Å². The van der Waals surface area contributed by atoms with Crippen molar-refractivity contribution in [2.75, 3.05) is 7.11 Å². The summed E-state index contributed by atoms with van der Waals surface area (Å²) in [4.78, 5) is 11.9. The molecule has 0 aromatic heterocycles. The zero-order valence-electron chi connectivity index (χ0n) is 9.63. The Labute approximate surface area is 90.2 Å². The van der Waals surface area contributed by atoms with Gasteiger partial charge in [-0.15, -0.1) is 0 Å². The minimum absolute atomic E-state index is 0.0759. The van der Waals surface area contributed by atoms with E-state index in [1.54, 1.807) is 20.1 Å². The van der Waals surface area contributed by atoms with Crippen molar-refractivity contribution in [2.24, 2.45) is 5.73 Å². The van der Waals surface area contributed by atoms with Gasteiger partial charge >= 0.3 is 0 Å².